The minimum atomic E-state index is -1.18. The van der Waals surface area contributed by atoms with Crippen molar-refractivity contribution in [3.8, 4) is 0 Å². The van der Waals surface area contributed by atoms with Crippen molar-refractivity contribution in [2.45, 2.75) is 24.1 Å². The molecule has 3 aromatic rings. The van der Waals surface area contributed by atoms with Crippen LogP contribution in [0, 0.1) is 0 Å². The lowest BCUT2D eigenvalue weighted by molar-refractivity contribution is -0.662. The quantitative estimate of drug-likeness (QED) is 0.119. The fourth-order valence-electron chi connectivity index (χ4n) is 4.17. The number of imidazole rings is 1. The van der Waals surface area contributed by atoms with E-state index in [1.165, 1.54) is 34.1 Å². The number of nitrogens with one attached hydrogen (secondary N) is 1. The number of pyridine rings is 1. The summed E-state index contributed by atoms with van der Waals surface area (Å²) in [5.74, 6) is -1.94. The van der Waals surface area contributed by atoms with Crippen LogP contribution in [0.1, 0.15) is 11.8 Å². The molecule has 3 atom stereocenters. The van der Waals surface area contributed by atoms with Crippen LogP contribution >= 0.6 is 23.1 Å². The highest BCUT2D eigenvalue weighted by Gasteiger charge is 2.54. The topological polar surface area (TPSA) is 156 Å². The number of nitrogen functional groups attached to an aromatic ring is 1. The number of rotatable bonds is 9. The zero-order valence-electron chi connectivity index (χ0n) is 19.3. The number of β-lactam (4-membered cyclic amide) rings is 1. The van der Waals surface area contributed by atoms with Gasteiger partial charge in [0.05, 0.1) is 6.20 Å². The number of nitrogens with zero attached hydrogens (tertiary/aromatic N) is 5. The van der Waals surface area contributed by atoms with E-state index in [1.54, 1.807) is 5.38 Å². The van der Waals surface area contributed by atoms with E-state index in [4.69, 9.17) is 10.6 Å². The number of fused-ring (bicyclic) bond motifs is 2. The fourth-order valence-corrected chi connectivity index (χ4v) is 6.09. The molecule has 190 valence electrons. The highest BCUT2D eigenvalue weighted by Crippen LogP contribution is 2.40. The lowest BCUT2D eigenvalue weighted by Gasteiger charge is -2.49. The van der Waals surface area contributed by atoms with Gasteiger partial charge in [-0.25, -0.2) is 18.7 Å². The summed E-state index contributed by atoms with van der Waals surface area (Å²) in [6.07, 6.45) is 7.32. The average Bonchev–Trinajstić information content (AvgIpc) is 3.51. The first kappa shape index (κ1) is 24.5. The minimum absolute atomic E-state index is 0.0459. The molecule has 4 N–H and O–H groups in total. The Morgan fingerprint density at radius 3 is 3.00 bits per heavy atom. The smallest absolute Gasteiger partial charge is 0.352 e. The molecule has 1 unspecified atom stereocenters. The molecule has 0 saturated carbocycles. The van der Waals surface area contributed by atoms with E-state index in [9.17, 15) is 19.5 Å². The summed E-state index contributed by atoms with van der Waals surface area (Å²) >= 11 is 2.63. The van der Waals surface area contributed by atoms with Crippen LogP contribution in [0.15, 0.2) is 71.3 Å². The number of carboxylic acid groups (broad SMARTS) is 1. The molecular weight excluding hydrogens is 518 g/mol. The second-order valence-electron chi connectivity index (χ2n) is 8.15. The molecular formula is C23H22N7O5S2+. The van der Waals surface area contributed by atoms with Crippen molar-refractivity contribution in [2.24, 2.45) is 5.16 Å². The Bertz CT molecular complexity index is 1460. The number of hydrogen-bond donors (Lipinski definition) is 3. The van der Waals surface area contributed by atoms with Gasteiger partial charge in [-0.2, -0.15) is 0 Å². The van der Waals surface area contributed by atoms with Crippen LogP contribution in [0.25, 0.3) is 5.65 Å². The zero-order valence-corrected chi connectivity index (χ0v) is 20.9. The van der Waals surface area contributed by atoms with Crippen molar-refractivity contribution in [1.82, 2.24) is 19.6 Å². The number of aliphatic carboxylic acids is 1. The SMILES string of the molecule is C=CC(ON=CC(=O)N[C@@H]1C(=O)N2C(C(=O)O)=C(C[n+]3ccn4ccccc43)CS[C@@H]12)c1csc(N)n1. The number of amides is 2. The molecule has 0 radical (unpaired) electrons. The molecule has 5 heterocycles. The van der Waals surface area contributed by atoms with Gasteiger partial charge >= 0.3 is 5.97 Å². The van der Waals surface area contributed by atoms with Crippen LogP contribution in [-0.4, -0.2) is 60.6 Å². The van der Waals surface area contributed by atoms with Gasteiger partial charge in [0.15, 0.2) is 11.2 Å². The monoisotopic (exact) mass is 540 g/mol. The Labute approximate surface area is 218 Å². The molecule has 1 fully saturated rings. The Morgan fingerprint density at radius 2 is 2.27 bits per heavy atom. The van der Waals surface area contributed by atoms with Crippen LogP contribution in [0.3, 0.4) is 0 Å². The third-order valence-electron chi connectivity index (χ3n) is 5.87. The number of carboxylic acids is 1. The average molecular weight is 541 g/mol. The third kappa shape index (κ3) is 4.68. The van der Waals surface area contributed by atoms with Gasteiger partial charge < -0.3 is 21.0 Å². The van der Waals surface area contributed by atoms with E-state index in [0.29, 0.717) is 28.7 Å². The minimum Gasteiger partial charge on any atom is -0.477 e. The van der Waals surface area contributed by atoms with E-state index in [-0.39, 0.29) is 5.70 Å². The third-order valence-corrected chi connectivity index (χ3v) is 7.90. The number of nitrogens with two attached hydrogens (primary N) is 1. The van der Waals surface area contributed by atoms with Crippen LogP contribution in [0.4, 0.5) is 5.13 Å². The second kappa shape index (κ2) is 10.1. The zero-order chi connectivity index (χ0) is 26.1. The van der Waals surface area contributed by atoms with E-state index in [0.717, 1.165) is 11.9 Å². The van der Waals surface area contributed by atoms with Gasteiger partial charge in [0.25, 0.3) is 17.5 Å². The predicted molar refractivity (Wildman–Crippen MR) is 136 cm³/mol. The summed E-state index contributed by atoms with van der Waals surface area (Å²) in [5.41, 5.74) is 7.59. The lowest BCUT2D eigenvalue weighted by atomic mass is 10.0. The summed E-state index contributed by atoms with van der Waals surface area (Å²) in [6, 6.07) is 4.85. The first-order valence-corrected chi connectivity index (χ1v) is 13.0. The van der Waals surface area contributed by atoms with E-state index >= 15 is 0 Å². The van der Waals surface area contributed by atoms with Gasteiger partial charge in [-0.15, -0.1) is 23.1 Å². The molecule has 0 aromatic carbocycles. The molecule has 3 aromatic heterocycles. The predicted octanol–water partition coefficient (Wildman–Crippen LogP) is 0.934. The number of carbonyl (C=O) groups is 3. The molecule has 12 nitrogen and oxygen atoms in total. The largest absolute Gasteiger partial charge is 0.477 e. The first-order valence-electron chi connectivity index (χ1n) is 11.1. The summed E-state index contributed by atoms with van der Waals surface area (Å²) in [6.45, 7) is 3.97. The van der Waals surface area contributed by atoms with Crippen molar-refractivity contribution in [3.63, 3.8) is 0 Å². The highest BCUT2D eigenvalue weighted by molar-refractivity contribution is 8.00. The van der Waals surface area contributed by atoms with Gasteiger partial charge in [0.1, 0.15) is 48.0 Å². The number of anilines is 1. The van der Waals surface area contributed by atoms with Crippen LogP contribution in [-0.2, 0) is 25.8 Å². The maximum Gasteiger partial charge on any atom is 0.352 e. The van der Waals surface area contributed by atoms with Crippen molar-refractivity contribution in [3.05, 3.63) is 71.8 Å². The summed E-state index contributed by atoms with van der Waals surface area (Å²) < 4.78 is 3.85. The number of thiazole rings is 1. The number of hydrogen-bond acceptors (Lipinski definition) is 9. The van der Waals surface area contributed by atoms with Gasteiger partial charge in [-0.1, -0.05) is 17.8 Å². The van der Waals surface area contributed by atoms with Crippen molar-refractivity contribution >= 4 is 57.9 Å². The van der Waals surface area contributed by atoms with Gasteiger partial charge in [0, 0.05) is 22.8 Å². The van der Waals surface area contributed by atoms with Gasteiger partial charge in [-0.3, -0.25) is 14.5 Å². The maximum atomic E-state index is 12.9. The summed E-state index contributed by atoms with van der Waals surface area (Å²) in [5, 5.41) is 17.7. The molecule has 5 rings (SSSR count). The molecule has 14 heteroatoms. The fraction of sp³-hybridized carbons (Fsp3) is 0.217. The molecule has 2 amide bonds. The number of oxime groups is 1. The Balaban J connectivity index is 1.25. The van der Waals surface area contributed by atoms with Crippen LogP contribution in [0.2, 0.25) is 0 Å². The summed E-state index contributed by atoms with van der Waals surface area (Å²) in [7, 11) is 0. The Kier molecular flexibility index (Phi) is 6.67. The van der Waals surface area contributed by atoms with Crippen LogP contribution < -0.4 is 15.6 Å². The number of carbonyl (C=O) groups excluding carboxylic acids is 2. The lowest BCUT2D eigenvalue weighted by Crippen LogP contribution is -2.70. The van der Waals surface area contributed by atoms with Gasteiger partial charge in [-0.05, 0) is 12.1 Å². The molecule has 2 aliphatic rings. The maximum absolute atomic E-state index is 12.9. The highest BCUT2D eigenvalue weighted by atomic mass is 32.2. The van der Waals surface area contributed by atoms with Crippen LogP contribution in [0.5, 0.6) is 0 Å². The molecule has 0 aliphatic carbocycles. The van der Waals surface area contributed by atoms with E-state index in [1.807, 2.05) is 45.8 Å². The Morgan fingerprint density at radius 1 is 1.43 bits per heavy atom. The van der Waals surface area contributed by atoms with Gasteiger partial charge in [0.2, 0.25) is 0 Å². The first-order chi connectivity index (χ1) is 17.9. The van der Waals surface area contributed by atoms with E-state index < -0.39 is 35.3 Å². The number of aromatic nitrogens is 3. The Hall–Kier alpha value is -4.17. The molecule has 1 saturated heterocycles. The van der Waals surface area contributed by atoms with E-state index in [2.05, 4.69) is 22.0 Å². The summed E-state index contributed by atoms with van der Waals surface area (Å²) in [4.78, 5) is 48.0. The van der Waals surface area contributed by atoms with Crippen molar-refractivity contribution in [1.29, 1.82) is 0 Å². The molecule has 0 bridgehead atoms. The molecule has 0 spiro atoms. The second-order valence-corrected chi connectivity index (χ2v) is 10.1. The van der Waals surface area contributed by atoms with Crippen molar-refractivity contribution < 1.29 is 28.9 Å². The normalized spacial score (nSPS) is 20.0. The molecule has 37 heavy (non-hydrogen) atoms. The van der Waals surface area contributed by atoms with Crippen molar-refractivity contribution in [2.75, 3.05) is 11.5 Å². The number of thioether (sulfide) groups is 1. The standard InChI is InChI=1S/C23H21N7O5S2/c1-2-15(14-12-37-23(24)26-14)35-25-9-16(31)27-18-20(32)30-19(22(33)34)13(11-36-21(18)30)10-29-8-7-28-6-4-3-5-17(28)29/h2-9,12,15,18,21H,1,10-11H2,(H3-,24,26,27,31,33,34)/p+1/t15?,18-,21+/m1/s1. The molecule has 2 aliphatic heterocycles.